The monoisotopic (exact) mass is 325 g/mol. The highest BCUT2D eigenvalue weighted by molar-refractivity contribution is 7.10. The molecule has 3 rings (SSSR count). The highest BCUT2D eigenvalue weighted by Gasteiger charge is 2.25. The van der Waals surface area contributed by atoms with Gasteiger partial charge in [-0.1, -0.05) is 12.1 Å². The predicted octanol–water partition coefficient (Wildman–Crippen LogP) is 3.14. The maximum Gasteiger partial charge on any atom is 0.253 e. The summed E-state index contributed by atoms with van der Waals surface area (Å²) >= 11 is 1.78. The van der Waals surface area contributed by atoms with Crippen molar-refractivity contribution in [2.45, 2.75) is 13.0 Å². The van der Waals surface area contributed by atoms with Gasteiger partial charge in [-0.25, -0.2) is 0 Å². The van der Waals surface area contributed by atoms with Crippen molar-refractivity contribution in [1.82, 2.24) is 9.80 Å². The van der Waals surface area contributed by atoms with Gasteiger partial charge in [-0.05, 0) is 36.6 Å². The molecule has 0 aliphatic carbocycles. The Morgan fingerprint density at radius 3 is 2.65 bits per heavy atom. The average Bonchev–Trinajstić information content (AvgIpc) is 3.15. The van der Waals surface area contributed by atoms with Crippen LogP contribution < -0.4 is 0 Å². The van der Waals surface area contributed by atoms with Gasteiger partial charge in [-0.2, -0.15) is 5.26 Å². The molecular formula is C18H19N3OS. The topological polar surface area (TPSA) is 47.3 Å². The van der Waals surface area contributed by atoms with E-state index in [1.165, 1.54) is 4.88 Å². The van der Waals surface area contributed by atoms with E-state index in [0.717, 1.165) is 26.2 Å². The fourth-order valence-corrected chi connectivity index (χ4v) is 3.74. The van der Waals surface area contributed by atoms with Gasteiger partial charge < -0.3 is 4.90 Å². The highest BCUT2D eigenvalue weighted by Crippen LogP contribution is 2.25. The summed E-state index contributed by atoms with van der Waals surface area (Å²) in [7, 11) is 0. The molecule has 2 heterocycles. The lowest BCUT2D eigenvalue weighted by Gasteiger charge is -2.37. The zero-order valence-electron chi connectivity index (χ0n) is 13.1. The van der Waals surface area contributed by atoms with E-state index in [9.17, 15) is 4.79 Å². The summed E-state index contributed by atoms with van der Waals surface area (Å²) < 4.78 is 0. The summed E-state index contributed by atoms with van der Waals surface area (Å²) in [5.41, 5.74) is 1.13. The van der Waals surface area contributed by atoms with Crippen LogP contribution in [-0.4, -0.2) is 41.9 Å². The van der Waals surface area contributed by atoms with E-state index in [1.54, 1.807) is 35.6 Å². The minimum absolute atomic E-state index is 0.0190. The second-order valence-electron chi connectivity index (χ2n) is 5.71. The van der Waals surface area contributed by atoms with Gasteiger partial charge in [0.25, 0.3) is 5.91 Å². The summed E-state index contributed by atoms with van der Waals surface area (Å²) in [6.45, 7) is 5.43. The number of thiophene rings is 1. The molecule has 0 N–H and O–H groups in total. The highest BCUT2D eigenvalue weighted by atomic mass is 32.1. The molecule has 1 aliphatic rings. The molecule has 1 saturated heterocycles. The molecule has 118 valence electrons. The fourth-order valence-electron chi connectivity index (χ4n) is 2.93. The Morgan fingerprint density at radius 1 is 1.22 bits per heavy atom. The van der Waals surface area contributed by atoms with E-state index in [4.69, 9.17) is 5.26 Å². The molecular weight excluding hydrogens is 306 g/mol. The molecule has 4 nitrogen and oxygen atoms in total. The van der Waals surface area contributed by atoms with Crippen LogP contribution in [0.15, 0.2) is 41.8 Å². The number of rotatable bonds is 3. The summed E-state index contributed by atoms with van der Waals surface area (Å²) in [5.74, 6) is 0.0190. The molecule has 0 saturated carbocycles. The summed E-state index contributed by atoms with van der Waals surface area (Å²) in [4.78, 5) is 18.2. The van der Waals surface area contributed by atoms with Crippen LogP contribution in [0.4, 0.5) is 0 Å². The maximum atomic E-state index is 12.6. The quantitative estimate of drug-likeness (QED) is 0.871. The Balaban J connectivity index is 1.62. The van der Waals surface area contributed by atoms with Gasteiger partial charge in [0.1, 0.15) is 0 Å². The summed E-state index contributed by atoms with van der Waals surface area (Å²) in [5, 5.41) is 11.1. The predicted molar refractivity (Wildman–Crippen MR) is 91.4 cm³/mol. The van der Waals surface area contributed by atoms with Crippen molar-refractivity contribution in [3.63, 3.8) is 0 Å². The third kappa shape index (κ3) is 3.44. The van der Waals surface area contributed by atoms with Crippen LogP contribution in [0.3, 0.4) is 0 Å². The Kier molecular flexibility index (Phi) is 4.75. The van der Waals surface area contributed by atoms with Gasteiger partial charge >= 0.3 is 0 Å². The summed E-state index contributed by atoms with van der Waals surface area (Å²) in [6.07, 6.45) is 0. The molecule has 1 fully saturated rings. The van der Waals surface area contributed by atoms with Gasteiger partial charge in [0.2, 0.25) is 0 Å². The van der Waals surface area contributed by atoms with Crippen LogP contribution in [-0.2, 0) is 0 Å². The van der Waals surface area contributed by atoms with Crippen LogP contribution in [0.25, 0.3) is 0 Å². The van der Waals surface area contributed by atoms with Crippen molar-refractivity contribution in [3.05, 3.63) is 57.8 Å². The van der Waals surface area contributed by atoms with Crippen LogP contribution >= 0.6 is 11.3 Å². The molecule has 1 aromatic heterocycles. The first-order valence-electron chi connectivity index (χ1n) is 7.76. The zero-order valence-corrected chi connectivity index (χ0v) is 13.9. The smallest absolute Gasteiger partial charge is 0.253 e. The number of hydrogen-bond donors (Lipinski definition) is 0. The molecule has 1 aromatic carbocycles. The minimum atomic E-state index is 0.0190. The van der Waals surface area contributed by atoms with Crippen molar-refractivity contribution in [2.75, 3.05) is 26.2 Å². The molecule has 23 heavy (non-hydrogen) atoms. The number of nitrogens with zero attached hydrogens (tertiary/aromatic N) is 3. The van der Waals surface area contributed by atoms with E-state index >= 15 is 0 Å². The molecule has 1 aliphatic heterocycles. The standard InChI is InChI=1S/C18H19N3OS/c1-14(17-6-3-11-23-17)20-7-9-21(10-8-20)18(22)16-5-2-4-15(12-16)13-19/h2-6,11-12,14H,7-10H2,1H3. The molecule has 1 unspecified atom stereocenters. The largest absolute Gasteiger partial charge is 0.336 e. The van der Waals surface area contributed by atoms with Crippen LogP contribution in [0.2, 0.25) is 0 Å². The second-order valence-corrected chi connectivity index (χ2v) is 6.69. The fraction of sp³-hybridized carbons (Fsp3) is 0.333. The van der Waals surface area contributed by atoms with Crippen molar-refractivity contribution >= 4 is 17.2 Å². The van der Waals surface area contributed by atoms with Crippen LogP contribution in [0.1, 0.15) is 33.8 Å². The van der Waals surface area contributed by atoms with E-state index in [0.29, 0.717) is 17.2 Å². The first kappa shape index (κ1) is 15.7. The minimum Gasteiger partial charge on any atom is -0.336 e. The van der Waals surface area contributed by atoms with Gasteiger partial charge in [0.15, 0.2) is 0 Å². The van der Waals surface area contributed by atoms with Gasteiger partial charge in [-0.3, -0.25) is 9.69 Å². The molecule has 0 bridgehead atoms. The van der Waals surface area contributed by atoms with E-state index in [-0.39, 0.29) is 5.91 Å². The summed E-state index contributed by atoms with van der Waals surface area (Å²) in [6, 6.07) is 13.7. The van der Waals surface area contributed by atoms with E-state index in [1.807, 2.05) is 4.90 Å². The number of carbonyl (C=O) groups excluding carboxylic acids is 1. The molecule has 5 heteroatoms. The molecule has 1 atom stereocenters. The van der Waals surface area contributed by atoms with Gasteiger partial charge in [-0.15, -0.1) is 11.3 Å². The van der Waals surface area contributed by atoms with Crippen LogP contribution in [0.5, 0.6) is 0 Å². The van der Waals surface area contributed by atoms with Crippen molar-refractivity contribution in [2.24, 2.45) is 0 Å². The van der Waals surface area contributed by atoms with Gasteiger partial charge in [0, 0.05) is 42.7 Å². The normalized spacial score (nSPS) is 16.8. The number of carbonyl (C=O) groups is 1. The number of nitriles is 1. The Morgan fingerprint density at radius 2 is 2.00 bits per heavy atom. The maximum absolute atomic E-state index is 12.6. The van der Waals surface area contributed by atoms with Crippen LogP contribution in [0, 0.1) is 11.3 Å². The number of piperazine rings is 1. The average molecular weight is 325 g/mol. The van der Waals surface area contributed by atoms with Crippen molar-refractivity contribution in [1.29, 1.82) is 5.26 Å². The Bertz CT molecular complexity index is 712. The first-order chi connectivity index (χ1) is 11.2. The molecule has 2 aromatic rings. The molecule has 0 radical (unpaired) electrons. The lowest BCUT2D eigenvalue weighted by atomic mass is 10.1. The number of hydrogen-bond acceptors (Lipinski definition) is 4. The third-order valence-corrected chi connectivity index (χ3v) is 5.39. The van der Waals surface area contributed by atoms with Crippen molar-refractivity contribution < 1.29 is 4.79 Å². The Labute approximate surface area is 140 Å². The molecule has 0 spiro atoms. The zero-order chi connectivity index (χ0) is 16.2. The van der Waals surface area contributed by atoms with Gasteiger partial charge in [0.05, 0.1) is 11.6 Å². The lowest BCUT2D eigenvalue weighted by Crippen LogP contribution is -2.49. The Hall–Kier alpha value is -2.16. The molecule has 1 amide bonds. The second kappa shape index (κ2) is 6.95. The number of benzene rings is 1. The third-order valence-electron chi connectivity index (χ3n) is 4.34. The van der Waals surface area contributed by atoms with E-state index in [2.05, 4.69) is 35.4 Å². The van der Waals surface area contributed by atoms with E-state index < -0.39 is 0 Å². The van der Waals surface area contributed by atoms with Crippen molar-refractivity contribution in [3.8, 4) is 6.07 Å². The lowest BCUT2D eigenvalue weighted by molar-refractivity contribution is 0.0584. The SMILES string of the molecule is CC(c1cccs1)N1CCN(C(=O)c2cccc(C#N)c2)CC1. The first-order valence-corrected chi connectivity index (χ1v) is 8.64. The number of amides is 1.